The van der Waals surface area contributed by atoms with Crippen LogP contribution in [-0.2, 0) is 5.41 Å². The molecule has 0 saturated carbocycles. The molecule has 0 unspecified atom stereocenters. The van der Waals surface area contributed by atoms with Crippen molar-refractivity contribution in [3.63, 3.8) is 0 Å². The van der Waals surface area contributed by atoms with Crippen molar-refractivity contribution >= 4 is 53.9 Å². The monoisotopic (exact) mass is 570 g/mol. The zero-order valence-corrected chi connectivity index (χ0v) is 25.4. The molecule has 0 nitrogen and oxygen atoms in total. The van der Waals surface area contributed by atoms with Crippen molar-refractivity contribution in [1.29, 1.82) is 0 Å². The lowest BCUT2D eigenvalue weighted by atomic mass is 9.68. The second-order valence-electron chi connectivity index (χ2n) is 13.3. The molecule has 9 aromatic carbocycles. The van der Waals surface area contributed by atoms with Gasteiger partial charge in [0.25, 0.3) is 0 Å². The smallest absolute Gasteiger partial charge is 0.0159 e. The average Bonchev–Trinajstić information content (AvgIpc) is 3.09. The second-order valence-corrected chi connectivity index (χ2v) is 13.3. The molecule has 0 atom stereocenters. The minimum absolute atomic E-state index is 0.0549. The highest BCUT2D eigenvalue weighted by atomic mass is 14.4. The quantitative estimate of drug-likeness (QED) is 0.181. The van der Waals surface area contributed by atoms with E-state index in [1.54, 1.807) is 0 Å². The van der Waals surface area contributed by atoms with Crippen LogP contribution in [0.1, 0.15) is 25.0 Å². The van der Waals surface area contributed by atoms with E-state index in [4.69, 9.17) is 0 Å². The lowest BCUT2D eigenvalue weighted by Gasteiger charge is -2.35. The average molecular weight is 571 g/mol. The number of hydrogen-bond donors (Lipinski definition) is 0. The van der Waals surface area contributed by atoms with Crippen molar-refractivity contribution in [3.05, 3.63) is 157 Å². The molecular weight excluding hydrogens is 540 g/mol. The van der Waals surface area contributed by atoms with Crippen LogP contribution in [0.4, 0.5) is 0 Å². The topological polar surface area (TPSA) is 0 Å². The van der Waals surface area contributed by atoms with Crippen molar-refractivity contribution in [2.45, 2.75) is 19.3 Å². The summed E-state index contributed by atoms with van der Waals surface area (Å²) in [5.74, 6) is 0. The molecule has 0 spiro atoms. The van der Waals surface area contributed by atoms with E-state index in [2.05, 4.69) is 159 Å². The van der Waals surface area contributed by atoms with E-state index in [9.17, 15) is 0 Å². The molecule has 0 saturated heterocycles. The SMILES string of the molecule is CC1(C)c2ccccc2-c2cccc3c(-c4ccc5ccc(-c6ccc7ccc8cccc9ccc6c7c89)cc5c4)ccc1c23. The van der Waals surface area contributed by atoms with Crippen molar-refractivity contribution < 1.29 is 0 Å². The maximum atomic E-state index is 2.39. The molecule has 0 heterocycles. The normalized spacial score (nSPS) is 13.7. The first-order valence-corrected chi connectivity index (χ1v) is 15.9. The Bertz CT molecular complexity index is 2650. The van der Waals surface area contributed by atoms with E-state index < -0.39 is 0 Å². The third-order valence-electron chi connectivity index (χ3n) is 10.6. The zero-order valence-electron chi connectivity index (χ0n) is 25.4. The van der Waals surface area contributed by atoms with Crippen LogP contribution in [0, 0.1) is 0 Å². The Morgan fingerprint density at radius 3 is 1.69 bits per heavy atom. The summed E-state index contributed by atoms with van der Waals surface area (Å²) >= 11 is 0. The van der Waals surface area contributed by atoms with Gasteiger partial charge < -0.3 is 0 Å². The van der Waals surface area contributed by atoms with Crippen LogP contribution in [0.15, 0.2) is 146 Å². The number of benzene rings is 9. The van der Waals surface area contributed by atoms with Gasteiger partial charge in [0.05, 0.1) is 0 Å². The summed E-state index contributed by atoms with van der Waals surface area (Å²) < 4.78 is 0. The first-order chi connectivity index (χ1) is 22.1. The van der Waals surface area contributed by atoms with Crippen LogP contribution < -0.4 is 0 Å². The van der Waals surface area contributed by atoms with Crippen LogP contribution in [-0.4, -0.2) is 0 Å². The highest BCUT2D eigenvalue weighted by Crippen LogP contribution is 2.50. The van der Waals surface area contributed by atoms with Crippen LogP contribution in [0.25, 0.3) is 87.2 Å². The summed E-state index contributed by atoms with van der Waals surface area (Å²) in [4.78, 5) is 0. The molecule has 1 aliphatic rings. The molecule has 0 radical (unpaired) electrons. The van der Waals surface area contributed by atoms with Gasteiger partial charge in [-0.2, -0.15) is 0 Å². The van der Waals surface area contributed by atoms with Crippen LogP contribution in [0.5, 0.6) is 0 Å². The van der Waals surface area contributed by atoms with Crippen molar-refractivity contribution in [2.75, 3.05) is 0 Å². The lowest BCUT2D eigenvalue weighted by Crippen LogP contribution is -2.23. The summed E-state index contributed by atoms with van der Waals surface area (Å²) in [6.07, 6.45) is 0. The van der Waals surface area contributed by atoms with E-state index in [1.807, 2.05) is 0 Å². The highest BCUT2D eigenvalue weighted by Gasteiger charge is 2.33. The predicted octanol–water partition coefficient (Wildman–Crippen LogP) is 12.5. The minimum atomic E-state index is -0.0549. The maximum Gasteiger partial charge on any atom is 0.0159 e. The van der Waals surface area contributed by atoms with E-state index in [0.29, 0.717) is 0 Å². The van der Waals surface area contributed by atoms with Crippen molar-refractivity contribution in [3.8, 4) is 33.4 Å². The third kappa shape index (κ3) is 3.37. The van der Waals surface area contributed by atoms with Gasteiger partial charge in [-0.3, -0.25) is 0 Å². The molecule has 0 bridgehead atoms. The second kappa shape index (κ2) is 8.80. The van der Waals surface area contributed by atoms with Gasteiger partial charge in [0, 0.05) is 5.41 Å². The van der Waals surface area contributed by atoms with Crippen LogP contribution >= 0.6 is 0 Å². The summed E-state index contributed by atoms with van der Waals surface area (Å²) in [6.45, 7) is 4.74. The fourth-order valence-corrected chi connectivity index (χ4v) is 8.38. The lowest BCUT2D eigenvalue weighted by molar-refractivity contribution is 0.645. The molecule has 0 fully saturated rings. The molecular formula is C45H30. The number of fused-ring (bicyclic) bond motifs is 3. The third-order valence-corrected chi connectivity index (χ3v) is 10.6. The Morgan fingerprint density at radius 1 is 0.333 bits per heavy atom. The highest BCUT2D eigenvalue weighted by molar-refractivity contribution is 6.25. The van der Waals surface area contributed by atoms with E-state index >= 15 is 0 Å². The van der Waals surface area contributed by atoms with Crippen molar-refractivity contribution in [1.82, 2.24) is 0 Å². The standard InChI is InChI=1S/C45H30/c1-45(2)40-12-4-3-9-36(40)38-11-6-10-37-35(23-24-41(45)44(37)38)32-18-14-27-13-17-31(25-33(27)26-32)34-21-19-30-16-15-28-7-5-8-29-20-22-39(34)43(30)42(28)29/h3-26H,1-2H3. The van der Waals surface area contributed by atoms with E-state index in [-0.39, 0.29) is 5.41 Å². The molecule has 0 aliphatic heterocycles. The summed E-state index contributed by atoms with van der Waals surface area (Å²) in [5.41, 5.74) is 10.6. The maximum absolute atomic E-state index is 2.39. The number of rotatable bonds is 2. The van der Waals surface area contributed by atoms with Gasteiger partial charge in [0.2, 0.25) is 0 Å². The first kappa shape index (κ1) is 24.9. The van der Waals surface area contributed by atoms with E-state index in [0.717, 1.165) is 0 Å². The molecule has 10 rings (SSSR count). The van der Waals surface area contributed by atoms with Gasteiger partial charge in [-0.25, -0.2) is 0 Å². The molecule has 0 aromatic heterocycles. The fourth-order valence-electron chi connectivity index (χ4n) is 8.38. The summed E-state index contributed by atoms with van der Waals surface area (Å²) in [5, 5.41) is 13.2. The Hall–Kier alpha value is -5.46. The minimum Gasteiger partial charge on any atom is -0.0619 e. The molecule has 9 aromatic rings. The Balaban J connectivity index is 1.17. The molecule has 210 valence electrons. The Labute approximate surface area is 262 Å². The zero-order chi connectivity index (χ0) is 29.9. The molecule has 0 amide bonds. The Morgan fingerprint density at radius 2 is 0.911 bits per heavy atom. The van der Waals surface area contributed by atoms with Gasteiger partial charge in [-0.15, -0.1) is 0 Å². The van der Waals surface area contributed by atoms with Gasteiger partial charge in [0.15, 0.2) is 0 Å². The fraction of sp³-hybridized carbons (Fsp3) is 0.0667. The van der Waals surface area contributed by atoms with Crippen LogP contribution in [0.3, 0.4) is 0 Å². The van der Waals surface area contributed by atoms with Gasteiger partial charge in [0.1, 0.15) is 0 Å². The Kier molecular flexibility index (Phi) is 4.88. The van der Waals surface area contributed by atoms with Gasteiger partial charge in [-0.05, 0) is 111 Å². The largest absolute Gasteiger partial charge is 0.0619 e. The number of hydrogen-bond acceptors (Lipinski definition) is 0. The van der Waals surface area contributed by atoms with Gasteiger partial charge >= 0.3 is 0 Å². The van der Waals surface area contributed by atoms with Crippen LogP contribution in [0.2, 0.25) is 0 Å². The molecule has 1 aliphatic carbocycles. The van der Waals surface area contributed by atoms with Gasteiger partial charge in [-0.1, -0.05) is 147 Å². The molecule has 45 heavy (non-hydrogen) atoms. The van der Waals surface area contributed by atoms with E-state index in [1.165, 1.54) is 98.4 Å². The molecule has 0 heteroatoms. The predicted molar refractivity (Wildman–Crippen MR) is 194 cm³/mol. The van der Waals surface area contributed by atoms with Crippen molar-refractivity contribution in [2.24, 2.45) is 0 Å². The summed E-state index contributed by atoms with van der Waals surface area (Å²) in [6, 6.07) is 54.8. The molecule has 0 N–H and O–H groups in total. The summed E-state index contributed by atoms with van der Waals surface area (Å²) in [7, 11) is 0. The first-order valence-electron chi connectivity index (χ1n) is 15.9.